The molecule has 0 aromatic rings. The van der Waals surface area contributed by atoms with Crippen molar-refractivity contribution < 1.29 is 9.90 Å². The molecule has 106 valence electrons. The molecule has 18 heavy (non-hydrogen) atoms. The molecule has 0 rings (SSSR count). The van der Waals surface area contributed by atoms with E-state index < -0.39 is 5.97 Å². The maximum atomic E-state index is 10.5. The maximum absolute atomic E-state index is 10.5. The van der Waals surface area contributed by atoms with E-state index in [-0.39, 0.29) is 0 Å². The first kappa shape index (κ1) is 17.2. The second-order valence-corrected chi connectivity index (χ2v) is 5.16. The molecule has 0 aliphatic rings. The Balaban J connectivity index is 3.17. The Kier molecular flexibility index (Phi) is 12.1. The SMILES string of the molecule is CCCCCCCCCCCCC=C(C)C(=O)O. The summed E-state index contributed by atoms with van der Waals surface area (Å²) in [7, 11) is 0. The van der Waals surface area contributed by atoms with Gasteiger partial charge in [-0.2, -0.15) is 0 Å². The Bertz CT molecular complexity index is 231. The van der Waals surface area contributed by atoms with Crippen molar-refractivity contribution in [2.24, 2.45) is 0 Å². The monoisotopic (exact) mass is 254 g/mol. The summed E-state index contributed by atoms with van der Waals surface area (Å²) >= 11 is 0. The summed E-state index contributed by atoms with van der Waals surface area (Å²) in [6, 6.07) is 0. The van der Waals surface area contributed by atoms with Crippen LogP contribution in [0, 0.1) is 0 Å². The Labute approximate surface area is 112 Å². The second kappa shape index (κ2) is 12.7. The fraction of sp³-hybridized carbons (Fsp3) is 0.812. The maximum Gasteiger partial charge on any atom is 0.330 e. The third kappa shape index (κ3) is 11.7. The van der Waals surface area contributed by atoms with Gasteiger partial charge in [0.2, 0.25) is 0 Å². The Morgan fingerprint density at radius 3 is 1.78 bits per heavy atom. The summed E-state index contributed by atoms with van der Waals surface area (Å²) < 4.78 is 0. The topological polar surface area (TPSA) is 37.3 Å². The van der Waals surface area contributed by atoms with Gasteiger partial charge in [0.25, 0.3) is 0 Å². The lowest BCUT2D eigenvalue weighted by atomic mass is 10.1. The lowest BCUT2D eigenvalue weighted by Gasteiger charge is -2.01. The fourth-order valence-corrected chi connectivity index (χ4v) is 2.04. The summed E-state index contributed by atoms with van der Waals surface area (Å²) in [4.78, 5) is 10.5. The van der Waals surface area contributed by atoms with Crippen molar-refractivity contribution in [1.29, 1.82) is 0 Å². The number of hydrogen-bond donors (Lipinski definition) is 1. The van der Waals surface area contributed by atoms with Gasteiger partial charge in [-0.3, -0.25) is 0 Å². The predicted octanol–water partition coefficient (Wildman–Crippen LogP) is 5.33. The van der Waals surface area contributed by atoms with Gasteiger partial charge in [0.15, 0.2) is 0 Å². The highest BCUT2D eigenvalue weighted by Crippen LogP contribution is 2.11. The number of allylic oxidation sites excluding steroid dienone is 1. The standard InChI is InChI=1S/C16H30O2/c1-3-4-5-6-7-8-9-10-11-12-13-14-15(2)16(17)18/h14H,3-13H2,1-2H3,(H,17,18). The Hall–Kier alpha value is -0.790. The first-order chi connectivity index (χ1) is 8.68. The molecule has 0 bridgehead atoms. The van der Waals surface area contributed by atoms with E-state index in [2.05, 4.69) is 6.92 Å². The minimum absolute atomic E-state index is 0.478. The molecule has 0 spiro atoms. The van der Waals surface area contributed by atoms with Crippen molar-refractivity contribution in [3.05, 3.63) is 11.6 Å². The first-order valence-corrected chi connectivity index (χ1v) is 7.58. The third-order valence-corrected chi connectivity index (χ3v) is 3.35. The average molecular weight is 254 g/mol. The summed E-state index contributed by atoms with van der Waals surface area (Å²) in [5.41, 5.74) is 0.478. The third-order valence-electron chi connectivity index (χ3n) is 3.35. The highest BCUT2D eigenvalue weighted by Gasteiger charge is 1.97. The van der Waals surface area contributed by atoms with Crippen molar-refractivity contribution in [2.45, 2.75) is 84.5 Å². The number of carboxylic acid groups (broad SMARTS) is 1. The van der Waals surface area contributed by atoms with Crippen molar-refractivity contribution in [3.8, 4) is 0 Å². The van der Waals surface area contributed by atoms with Gasteiger partial charge in [-0.05, 0) is 19.8 Å². The molecule has 2 heteroatoms. The van der Waals surface area contributed by atoms with Gasteiger partial charge in [-0.25, -0.2) is 4.79 Å². The van der Waals surface area contributed by atoms with Crippen LogP contribution in [0.2, 0.25) is 0 Å². The molecule has 0 heterocycles. The van der Waals surface area contributed by atoms with Crippen molar-refractivity contribution in [1.82, 2.24) is 0 Å². The lowest BCUT2D eigenvalue weighted by molar-refractivity contribution is -0.132. The van der Waals surface area contributed by atoms with Crippen molar-refractivity contribution in [3.63, 3.8) is 0 Å². The Morgan fingerprint density at radius 2 is 1.33 bits per heavy atom. The van der Waals surface area contributed by atoms with Crippen LogP contribution in [0.15, 0.2) is 11.6 Å². The van der Waals surface area contributed by atoms with Crippen LogP contribution in [0.4, 0.5) is 0 Å². The largest absolute Gasteiger partial charge is 0.478 e. The molecule has 0 aliphatic carbocycles. The smallest absolute Gasteiger partial charge is 0.330 e. The molecule has 0 saturated carbocycles. The molecule has 2 nitrogen and oxygen atoms in total. The van der Waals surface area contributed by atoms with Gasteiger partial charge in [0.1, 0.15) is 0 Å². The summed E-state index contributed by atoms with van der Waals surface area (Å²) in [5, 5.41) is 8.68. The number of rotatable bonds is 12. The van der Waals surface area contributed by atoms with Crippen LogP contribution in [-0.2, 0) is 4.79 Å². The molecule has 0 aromatic carbocycles. The van der Waals surface area contributed by atoms with E-state index in [4.69, 9.17) is 5.11 Å². The molecule has 0 aromatic heterocycles. The molecule has 0 unspecified atom stereocenters. The normalized spacial score (nSPS) is 11.8. The Morgan fingerprint density at radius 1 is 0.889 bits per heavy atom. The van der Waals surface area contributed by atoms with Crippen LogP contribution in [0.3, 0.4) is 0 Å². The van der Waals surface area contributed by atoms with E-state index in [0.29, 0.717) is 5.57 Å². The molecule has 0 aliphatic heterocycles. The van der Waals surface area contributed by atoms with Gasteiger partial charge >= 0.3 is 5.97 Å². The van der Waals surface area contributed by atoms with Gasteiger partial charge in [-0.1, -0.05) is 70.8 Å². The van der Waals surface area contributed by atoms with E-state index in [1.165, 1.54) is 57.8 Å². The number of carboxylic acids is 1. The zero-order valence-electron chi connectivity index (χ0n) is 12.2. The average Bonchev–Trinajstić information content (AvgIpc) is 2.35. The summed E-state index contributed by atoms with van der Waals surface area (Å²) in [6.07, 6.45) is 16.0. The molecule has 0 radical (unpaired) electrons. The number of aliphatic carboxylic acids is 1. The summed E-state index contributed by atoms with van der Waals surface area (Å²) in [5.74, 6) is -0.790. The zero-order valence-corrected chi connectivity index (χ0v) is 12.2. The van der Waals surface area contributed by atoms with Crippen molar-refractivity contribution >= 4 is 5.97 Å². The highest BCUT2D eigenvalue weighted by atomic mass is 16.4. The molecule has 0 fully saturated rings. The van der Waals surface area contributed by atoms with Crippen LogP contribution >= 0.6 is 0 Å². The van der Waals surface area contributed by atoms with Crippen LogP contribution in [0.5, 0.6) is 0 Å². The predicted molar refractivity (Wildman–Crippen MR) is 77.9 cm³/mol. The highest BCUT2D eigenvalue weighted by molar-refractivity contribution is 5.85. The number of unbranched alkanes of at least 4 members (excludes halogenated alkanes) is 10. The molecule has 1 N–H and O–H groups in total. The molecule has 0 amide bonds. The van der Waals surface area contributed by atoms with Gasteiger partial charge in [-0.15, -0.1) is 0 Å². The van der Waals surface area contributed by atoms with E-state index in [1.54, 1.807) is 6.92 Å². The van der Waals surface area contributed by atoms with E-state index >= 15 is 0 Å². The second-order valence-electron chi connectivity index (χ2n) is 5.16. The first-order valence-electron chi connectivity index (χ1n) is 7.58. The lowest BCUT2D eigenvalue weighted by Crippen LogP contribution is -1.95. The van der Waals surface area contributed by atoms with E-state index in [0.717, 1.165) is 12.8 Å². The van der Waals surface area contributed by atoms with Gasteiger partial charge < -0.3 is 5.11 Å². The van der Waals surface area contributed by atoms with Crippen LogP contribution in [-0.4, -0.2) is 11.1 Å². The van der Waals surface area contributed by atoms with Gasteiger partial charge in [0.05, 0.1) is 0 Å². The quantitative estimate of drug-likeness (QED) is 0.377. The summed E-state index contributed by atoms with van der Waals surface area (Å²) in [6.45, 7) is 3.92. The van der Waals surface area contributed by atoms with Gasteiger partial charge in [0, 0.05) is 5.57 Å². The van der Waals surface area contributed by atoms with Crippen LogP contribution < -0.4 is 0 Å². The minimum Gasteiger partial charge on any atom is -0.478 e. The molecule has 0 saturated heterocycles. The van der Waals surface area contributed by atoms with E-state index in [9.17, 15) is 4.79 Å². The van der Waals surface area contributed by atoms with E-state index in [1.807, 2.05) is 6.08 Å². The van der Waals surface area contributed by atoms with Crippen LogP contribution in [0.1, 0.15) is 84.5 Å². The molecular formula is C16H30O2. The van der Waals surface area contributed by atoms with Crippen LogP contribution in [0.25, 0.3) is 0 Å². The minimum atomic E-state index is -0.790. The zero-order chi connectivity index (χ0) is 13.6. The van der Waals surface area contributed by atoms with Crippen molar-refractivity contribution in [2.75, 3.05) is 0 Å². The fourth-order valence-electron chi connectivity index (χ4n) is 2.04. The molecule has 0 atom stereocenters. The number of hydrogen-bond acceptors (Lipinski definition) is 1. The number of carbonyl (C=O) groups is 1. The molecular weight excluding hydrogens is 224 g/mol.